The van der Waals surface area contributed by atoms with Crippen LogP contribution in [0.4, 0.5) is 0 Å². The highest BCUT2D eigenvalue weighted by molar-refractivity contribution is 7.91. The van der Waals surface area contributed by atoms with Crippen molar-refractivity contribution in [1.29, 1.82) is 0 Å². The monoisotopic (exact) mass is 471 g/mol. The molecule has 31 heavy (non-hydrogen) atoms. The van der Waals surface area contributed by atoms with Crippen LogP contribution >= 0.6 is 22.9 Å². The fraction of sp³-hybridized carbons (Fsp3) is 0.0500. The number of nitrogens with two attached hydrogens (primary N) is 1. The molecule has 0 spiro atoms. The van der Waals surface area contributed by atoms with Gasteiger partial charge in [-0.3, -0.25) is 4.40 Å². The van der Waals surface area contributed by atoms with Crippen LogP contribution in [0.2, 0.25) is 5.02 Å². The maximum Gasteiger partial charge on any atom is 0.276 e. The summed E-state index contributed by atoms with van der Waals surface area (Å²) in [6, 6.07) is 12.6. The summed E-state index contributed by atoms with van der Waals surface area (Å²) in [7, 11) is -3.78. The standard InChI is InChI=1S/C20H14ClN5O3S2/c1-11-8-13(12-2-4-14(21)5-3-12)10-26-15(9-23-19(11)26)20-24-18(25-29-20)16-6-7-17(30-16)31(22,27)28/h2-10H,1H3,(H2,22,27,28). The van der Waals surface area contributed by atoms with Crippen molar-refractivity contribution in [3.05, 3.63) is 65.4 Å². The highest BCUT2D eigenvalue weighted by Gasteiger charge is 2.19. The molecule has 0 saturated heterocycles. The van der Waals surface area contributed by atoms with Crippen LogP contribution in [0.15, 0.2) is 63.6 Å². The number of fused-ring (bicyclic) bond motifs is 1. The van der Waals surface area contributed by atoms with E-state index in [4.69, 9.17) is 21.3 Å². The highest BCUT2D eigenvalue weighted by atomic mass is 35.5. The van der Waals surface area contributed by atoms with Gasteiger partial charge in [0.05, 0.1) is 11.1 Å². The molecule has 2 N–H and O–H groups in total. The third-order valence-electron chi connectivity index (χ3n) is 4.69. The molecule has 1 aromatic carbocycles. The van der Waals surface area contributed by atoms with Crippen molar-refractivity contribution in [2.24, 2.45) is 5.14 Å². The van der Waals surface area contributed by atoms with E-state index in [1.807, 2.05) is 41.8 Å². The van der Waals surface area contributed by atoms with Crippen LogP contribution in [0.5, 0.6) is 0 Å². The van der Waals surface area contributed by atoms with Crippen molar-refractivity contribution in [2.75, 3.05) is 0 Å². The van der Waals surface area contributed by atoms with Gasteiger partial charge in [-0.05, 0) is 53.9 Å². The first-order valence-electron chi connectivity index (χ1n) is 9.00. The van der Waals surface area contributed by atoms with Gasteiger partial charge in [-0.1, -0.05) is 28.9 Å². The molecule has 11 heteroatoms. The highest BCUT2D eigenvalue weighted by Crippen LogP contribution is 2.31. The number of aromatic nitrogens is 4. The van der Waals surface area contributed by atoms with E-state index in [0.29, 0.717) is 15.6 Å². The van der Waals surface area contributed by atoms with Gasteiger partial charge >= 0.3 is 0 Å². The number of nitrogens with zero attached hydrogens (tertiary/aromatic N) is 4. The Labute approximate surface area is 186 Å². The molecule has 0 aliphatic heterocycles. The number of benzene rings is 1. The molecule has 0 unspecified atom stereocenters. The zero-order valence-corrected chi connectivity index (χ0v) is 18.4. The van der Waals surface area contributed by atoms with Gasteiger partial charge in [-0.25, -0.2) is 18.5 Å². The second-order valence-electron chi connectivity index (χ2n) is 6.84. The van der Waals surface area contributed by atoms with Gasteiger partial charge in [0.2, 0.25) is 15.8 Å². The minimum atomic E-state index is -3.78. The lowest BCUT2D eigenvalue weighted by molar-refractivity contribution is 0.431. The normalized spacial score (nSPS) is 12.0. The van der Waals surface area contributed by atoms with Crippen molar-refractivity contribution in [3.63, 3.8) is 0 Å². The number of hydrogen-bond donors (Lipinski definition) is 1. The summed E-state index contributed by atoms with van der Waals surface area (Å²) in [5, 5.41) is 9.84. The van der Waals surface area contributed by atoms with E-state index >= 15 is 0 Å². The van der Waals surface area contributed by atoms with Crippen LogP contribution in [0, 0.1) is 6.92 Å². The van der Waals surface area contributed by atoms with Crippen LogP contribution < -0.4 is 5.14 Å². The minimum Gasteiger partial charge on any atom is -0.332 e. The third-order valence-corrected chi connectivity index (χ3v) is 7.47. The van der Waals surface area contributed by atoms with Crippen molar-refractivity contribution in [2.45, 2.75) is 11.1 Å². The molecule has 0 radical (unpaired) electrons. The molecule has 0 bridgehead atoms. The summed E-state index contributed by atoms with van der Waals surface area (Å²) >= 11 is 6.99. The number of thiophene rings is 1. The molecule has 5 aromatic rings. The molecule has 156 valence electrons. The number of rotatable bonds is 4. The molecule has 0 amide bonds. The maximum atomic E-state index is 11.5. The Kier molecular flexibility index (Phi) is 4.67. The third kappa shape index (κ3) is 3.63. The largest absolute Gasteiger partial charge is 0.332 e. The summed E-state index contributed by atoms with van der Waals surface area (Å²) in [5.74, 6) is 0.538. The van der Waals surface area contributed by atoms with Gasteiger partial charge in [0, 0.05) is 11.2 Å². The smallest absolute Gasteiger partial charge is 0.276 e. The number of hydrogen-bond acceptors (Lipinski definition) is 7. The quantitative estimate of drug-likeness (QED) is 0.415. The summed E-state index contributed by atoms with van der Waals surface area (Å²) in [6.07, 6.45) is 3.61. The van der Waals surface area contributed by atoms with Gasteiger partial charge in [0.1, 0.15) is 15.6 Å². The van der Waals surface area contributed by atoms with Gasteiger partial charge in [0.15, 0.2) is 0 Å². The molecule has 0 atom stereocenters. The molecule has 5 rings (SSSR count). The average molecular weight is 472 g/mol. The Balaban J connectivity index is 1.58. The first-order chi connectivity index (χ1) is 14.8. The Morgan fingerprint density at radius 2 is 1.90 bits per heavy atom. The predicted octanol–water partition coefficient (Wildman–Crippen LogP) is 4.39. The zero-order chi connectivity index (χ0) is 21.8. The van der Waals surface area contributed by atoms with E-state index in [1.165, 1.54) is 6.07 Å². The Bertz CT molecular complexity index is 1530. The molecule has 0 aliphatic carbocycles. The SMILES string of the molecule is Cc1cc(-c2ccc(Cl)cc2)cn2c(-c3nc(-c4ccc(S(N)(=O)=O)s4)no3)cnc12. The Morgan fingerprint density at radius 3 is 2.61 bits per heavy atom. The molecule has 0 saturated carbocycles. The van der Waals surface area contributed by atoms with Crippen molar-refractivity contribution in [3.8, 4) is 33.4 Å². The molecule has 0 fully saturated rings. The second kappa shape index (κ2) is 7.27. The Morgan fingerprint density at radius 1 is 1.13 bits per heavy atom. The van der Waals surface area contributed by atoms with E-state index in [9.17, 15) is 8.42 Å². The van der Waals surface area contributed by atoms with E-state index in [1.54, 1.807) is 12.3 Å². The summed E-state index contributed by atoms with van der Waals surface area (Å²) < 4.78 is 30.4. The zero-order valence-electron chi connectivity index (χ0n) is 16.0. The fourth-order valence-electron chi connectivity index (χ4n) is 3.24. The number of aryl methyl sites for hydroxylation is 1. The van der Waals surface area contributed by atoms with E-state index in [2.05, 4.69) is 21.2 Å². The second-order valence-corrected chi connectivity index (χ2v) is 10.2. The van der Waals surface area contributed by atoms with E-state index < -0.39 is 10.0 Å². The minimum absolute atomic E-state index is 0.0342. The topological polar surface area (TPSA) is 116 Å². The Hall–Kier alpha value is -3.05. The maximum absolute atomic E-state index is 11.5. The van der Waals surface area contributed by atoms with Gasteiger partial charge in [0.25, 0.3) is 5.89 Å². The van der Waals surface area contributed by atoms with Crippen LogP contribution in [0.3, 0.4) is 0 Å². The van der Waals surface area contributed by atoms with Gasteiger partial charge in [-0.2, -0.15) is 4.98 Å². The van der Waals surface area contributed by atoms with Crippen LogP contribution in [0.1, 0.15) is 5.56 Å². The number of halogens is 1. The summed E-state index contributed by atoms with van der Waals surface area (Å²) in [5.41, 5.74) is 4.36. The van der Waals surface area contributed by atoms with Crippen LogP contribution in [-0.4, -0.2) is 27.9 Å². The summed E-state index contributed by atoms with van der Waals surface area (Å²) in [6.45, 7) is 1.98. The number of pyridine rings is 1. The molecule has 8 nitrogen and oxygen atoms in total. The number of sulfonamides is 1. The lowest BCUT2D eigenvalue weighted by Gasteiger charge is -2.07. The van der Waals surface area contributed by atoms with Crippen molar-refractivity contribution < 1.29 is 12.9 Å². The lowest BCUT2D eigenvalue weighted by atomic mass is 10.1. The van der Waals surface area contributed by atoms with E-state index in [-0.39, 0.29) is 15.9 Å². The molecule has 4 heterocycles. The predicted molar refractivity (Wildman–Crippen MR) is 118 cm³/mol. The van der Waals surface area contributed by atoms with Gasteiger partial charge in [-0.15, -0.1) is 11.3 Å². The van der Waals surface area contributed by atoms with Crippen LogP contribution in [0.25, 0.3) is 39.1 Å². The lowest BCUT2D eigenvalue weighted by Crippen LogP contribution is -2.09. The van der Waals surface area contributed by atoms with Crippen LogP contribution in [-0.2, 0) is 10.0 Å². The molecule has 0 aliphatic rings. The fourth-order valence-corrected chi connectivity index (χ4v) is 5.02. The van der Waals surface area contributed by atoms with Gasteiger partial charge < -0.3 is 4.52 Å². The number of primary sulfonamides is 1. The average Bonchev–Trinajstić information content (AvgIpc) is 3.46. The first-order valence-corrected chi connectivity index (χ1v) is 11.7. The first kappa shape index (κ1) is 19.9. The van der Waals surface area contributed by atoms with E-state index in [0.717, 1.165) is 33.7 Å². The molecular formula is C20H14ClN5O3S2. The molecular weight excluding hydrogens is 458 g/mol. The number of imidazole rings is 1. The van der Waals surface area contributed by atoms with Crippen molar-refractivity contribution >= 4 is 38.6 Å². The summed E-state index contributed by atoms with van der Waals surface area (Å²) in [4.78, 5) is 9.45. The molecule has 4 aromatic heterocycles. The van der Waals surface area contributed by atoms with Crippen molar-refractivity contribution in [1.82, 2.24) is 19.5 Å².